The fourth-order valence-corrected chi connectivity index (χ4v) is 4.70. The zero-order valence-corrected chi connectivity index (χ0v) is 19.4. The molecule has 176 valence electrons. The lowest BCUT2D eigenvalue weighted by atomic mass is 9.62. The van der Waals surface area contributed by atoms with Gasteiger partial charge in [0.15, 0.2) is 5.60 Å². The molecular formula is C25H33F3N2O2. The zero-order chi connectivity index (χ0) is 23.9. The molecule has 1 aliphatic rings. The second kappa shape index (κ2) is 8.43. The van der Waals surface area contributed by atoms with Crippen LogP contribution in [0.3, 0.4) is 0 Å². The summed E-state index contributed by atoms with van der Waals surface area (Å²) >= 11 is 0. The number of nitrogens with zero attached hydrogens (tertiary/aromatic N) is 2. The number of benzene rings is 1. The van der Waals surface area contributed by atoms with E-state index in [2.05, 4.69) is 23.7 Å². The SMILES string of the molecule is CC(C)c1ccc([C@](O)(c2cncc(CCC(C)(O)C(F)(F)F)c2)C2(C)CN(C)C2)cc1. The van der Waals surface area contributed by atoms with Gasteiger partial charge in [0.1, 0.15) is 5.60 Å². The summed E-state index contributed by atoms with van der Waals surface area (Å²) in [6.45, 7) is 8.34. The van der Waals surface area contributed by atoms with E-state index in [1.807, 2.05) is 38.2 Å². The van der Waals surface area contributed by atoms with Gasteiger partial charge in [0, 0.05) is 36.5 Å². The number of aliphatic hydroxyl groups is 2. The van der Waals surface area contributed by atoms with Crippen LogP contribution in [0.4, 0.5) is 13.2 Å². The highest BCUT2D eigenvalue weighted by Gasteiger charge is 2.55. The number of halogens is 3. The number of hydrogen-bond donors (Lipinski definition) is 2. The second-order valence-corrected chi connectivity index (χ2v) is 10.1. The maximum atomic E-state index is 13.1. The lowest BCUT2D eigenvalue weighted by Crippen LogP contribution is -2.63. The minimum atomic E-state index is -4.71. The molecule has 0 amide bonds. The number of aryl methyl sites for hydroxylation is 1. The summed E-state index contributed by atoms with van der Waals surface area (Å²) < 4.78 is 39.2. The molecule has 1 aromatic carbocycles. The quantitative estimate of drug-likeness (QED) is 0.645. The van der Waals surface area contributed by atoms with Crippen LogP contribution >= 0.6 is 0 Å². The molecule has 2 atom stereocenters. The van der Waals surface area contributed by atoms with Crippen LogP contribution in [0.5, 0.6) is 0 Å². The first-order valence-electron chi connectivity index (χ1n) is 10.9. The third-order valence-electron chi connectivity index (χ3n) is 6.83. The molecule has 0 saturated carbocycles. The van der Waals surface area contributed by atoms with E-state index in [9.17, 15) is 23.4 Å². The summed E-state index contributed by atoms with van der Waals surface area (Å²) in [7, 11) is 1.98. The second-order valence-electron chi connectivity index (χ2n) is 10.1. The Morgan fingerprint density at radius 3 is 2.16 bits per heavy atom. The molecule has 2 N–H and O–H groups in total. The lowest BCUT2D eigenvalue weighted by Gasteiger charge is -2.56. The molecule has 1 aromatic heterocycles. The van der Waals surface area contributed by atoms with Crippen molar-refractivity contribution in [1.29, 1.82) is 0 Å². The van der Waals surface area contributed by atoms with Crippen LogP contribution in [0.15, 0.2) is 42.7 Å². The number of pyridine rings is 1. The van der Waals surface area contributed by atoms with Gasteiger partial charge >= 0.3 is 6.18 Å². The molecule has 3 rings (SSSR count). The van der Waals surface area contributed by atoms with Gasteiger partial charge in [0.05, 0.1) is 0 Å². The van der Waals surface area contributed by atoms with Crippen LogP contribution in [0.25, 0.3) is 0 Å². The number of alkyl halides is 3. The molecule has 7 heteroatoms. The number of rotatable bonds is 7. The topological polar surface area (TPSA) is 56.6 Å². The highest BCUT2D eigenvalue weighted by molar-refractivity contribution is 5.42. The van der Waals surface area contributed by atoms with Crippen molar-refractivity contribution in [3.8, 4) is 0 Å². The maximum Gasteiger partial charge on any atom is 0.416 e. The summed E-state index contributed by atoms with van der Waals surface area (Å²) in [5.74, 6) is 0.356. The zero-order valence-electron chi connectivity index (χ0n) is 19.4. The van der Waals surface area contributed by atoms with E-state index in [0.29, 0.717) is 30.1 Å². The predicted molar refractivity (Wildman–Crippen MR) is 118 cm³/mol. The van der Waals surface area contributed by atoms with Gasteiger partial charge < -0.3 is 15.1 Å². The van der Waals surface area contributed by atoms with Gasteiger partial charge in [-0.15, -0.1) is 0 Å². The fourth-order valence-electron chi connectivity index (χ4n) is 4.70. The van der Waals surface area contributed by atoms with Crippen LogP contribution in [0.1, 0.15) is 62.3 Å². The average molecular weight is 451 g/mol. The van der Waals surface area contributed by atoms with Gasteiger partial charge in [-0.25, -0.2) is 0 Å². The van der Waals surface area contributed by atoms with Crippen molar-refractivity contribution in [3.63, 3.8) is 0 Å². The first kappa shape index (κ1) is 24.7. The number of hydrogen-bond acceptors (Lipinski definition) is 4. The smallest absolute Gasteiger partial charge is 0.381 e. The molecule has 4 nitrogen and oxygen atoms in total. The Balaban J connectivity index is 1.99. The molecule has 0 radical (unpaired) electrons. The van der Waals surface area contributed by atoms with Crippen molar-refractivity contribution >= 4 is 0 Å². The molecule has 1 saturated heterocycles. The van der Waals surface area contributed by atoms with Crippen molar-refractivity contribution in [2.45, 2.75) is 63.8 Å². The third kappa shape index (κ3) is 4.43. The average Bonchev–Trinajstić information content (AvgIpc) is 2.70. The summed E-state index contributed by atoms with van der Waals surface area (Å²) in [5, 5.41) is 22.0. The van der Waals surface area contributed by atoms with E-state index in [0.717, 1.165) is 18.1 Å². The highest BCUT2D eigenvalue weighted by Crippen LogP contribution is 2.50. The van der Waals surface area contributed by atoms with Crippen molar-refractivity contribution in [1.82, 2.24) is 9.88 Å². The molecule has 0 spiro atoms. The number of aromatic nitrogens is 1. The first-order chi connectivity index (χ1) is 14.7. The van der Waals surface area contributed by atoms with Crippen molar-refractivity contribution in [3.05, 3.63) is 65.0 Å². The summed E-state index contributed by atoms with van der Waals surface area (Å²) in [4.78, 5) is 6.36. The molecular weight excluding hydrogens is 417 g/mol. The predicted octanol–water partition coefficient (Wildman–Crippen LogP) is 4.64. The van der Waals surface area contributed by atoms with E-state index >= 15 is 0 Å². The minimum Gasteiger partial charge on any atom is -0.381 e. The van der Waals surface area contributed by atoms with Crippen LogP contribution in [0.2, 0.25) is 0 Å². The van der Waals surface area contributed by atoms with Crippen molar-refractivity contribution < 1.29 is 23.4 Å². The van der Waals surface area contributed by atoms with Crippen molar-refractivity contribution in [2.75, 3.05) is 20.1 Å². The van der Waals surface area contributed by atoms with Crippen LogP contribution < -0.4 is 0 Å². The molecule has 2 aromatic rings. The van der Waals surface area contributed by atoms with E-state index in [4.69, 9.17) is 0 Å². The molecule has 2 heterocycles. The van der Waals surface area contributed by atoms with E-state index in [1.54, 1.807) is 12.3 Å². The first-order valence-corrected chi connectivity index (χ1v) is 10.9. The molecule has 0 bridgehead atoms. The lowest BCUT2D eigenvalue weighted by molar-refractivity contribution is -0.254. The Labute approximate surface area is 188 Å². The Bertz CT molecular complexity index is 935. The molecule has 32 heavy (non-hydrogen) atoms. The van der Waals surface area contributed by atoms with Gasteiger partial charge in [-0.1, -0.05) is 45.0 Å². The Morgan fingerprint density at radius 2 is 1.66 bits per heavy atom. The maximum absolute atomic E-state index is 13.1. The van der Waals surface area contributed by atoms with Crippen LogP contribution in [-0.2, 0) is 12.0 Å². The van der Waals surface area contributed by atoms with Crippen molar-refractivity contribution in [2.24, 2.45) is 5.41 Å². The monoisotopic (exact) mass is 450 g/mol. The minimum absolute atomic E-state index is 0.00760. The summed E-state index contributed by atoms with van der Waals surface area (Å²) in [6.07, 6.45) is -2.12. The normalized spacial score (nSPS) is 20.5. The summed E-state index contributed by atoms with van der Waals surface area (Å²) in [6, 6.07) is 9.60. The van der Waals surface area contributed by atoms with Gasteiger partial charge in [0.2, 0.25) is 0 Å². The molecule has 1 fully saturated rings. The standard InChI is InChI=1S/C25H33F3N2O2/c1-17(2)19-6-8-20(9-7-19)24(32,22(3)15-30(5)16-22)21-12-18(13-29-14-21)10-11-23(4,31)25(26,27)28/h6-9,12-14,17,31-32H,10-11,15-16H2,1-5H3/t23?,24-/m0/s1. The fraction of sp³-hybridized carbons (Fsp3) is 0.560. The largest absolute Gasteiger partial charge is 0.416 e. The molecule has 1 aliphatic heterocycles. The van der Waals surface area contributed by atoms with Crippen LogP contribution in [0, 0.1) is 5.41 Å². The summed E-state index contributed by atoms with van der Waals surface area (Å²) in [5.41, 5.74) is -1.64. The number of likely N-dealkylation sites (tertiary alicyclic amines) is 1. The van der Waals surface area contributed by atoms with E-state index in [-0.39, 0.29) is 6.42 Å². The Morgan fingerprint density at radius 1 is 1.06 bits per heavy atom. The molecule has 0 aliphatic carbocycles. The Hall–Kier alpha value is -1.96. The third-order valence-corrected chi connectivity index (χ3v) is 6.83. The van der Waals surface area contributed by atoms with Gasteiger partial charge in [-0.05, 0) is 55.5 Å². The van der Waals surface area contributed by atoms with Gasteiger partial charge in [-0.2, -0.15) is 13.2 Å². The van der Waals surface area contributed by atoms with Gasteiger partial charge in [0.25, 0.3) is 0 Å². The van der Waals surface area contributed by atoms with Crippen LogP contribution in [-0.4, -0.2) is 52.0 Å². The van der Waals surface area contributed by atoms with Gasteiger partial charge in [-0.3, -0.25) is 4.98 Å². The Kier molecular flexibility index (Phi) is 6.50. The highest BCUT2D eigenvalue weighted by atomic mass is 19.4. The molecule has 1 unspecified atom stereocenters. The van der Waals surface area contributed by atoms with E-state index in [1.165, 1.54) is 6.20 Å². The van der Waals surface area contributed by atoms with E-state index < -0.39 is 29.2 Å².